The standard InChI is InChI=1S/C12H22NOSi/c1-5-9-12(14-15(2,3)4)13-10-7-6-8-11-13/h6-8,10-12H,5,9H2,1-4H3/q+1. The fraction of sp³-hybridized carbons (Fsp3) is 0.583. The molecule has 84 valence electrons. The second-order valence-electron chi connectivity index (χ2n) is 4.80. The van der Waals surface area contributed by atoms with Crippen LogP contribution in [-0.2, 0) is 4.43 Å². The van der Waals surface area contributed by atoms with Gasteiger partial charge in [0.25, 0.3) is 6.23 Å². The molecule has 0 bridgehead atoms. The lowest BCUT2D eigenvalue weighted by molar-refractivity contribution is -0.756. The van der Waals surface area contributed by atoms with E-state index in [0.717, 1.165) is 12.8 Å². The summed E-state index contributed by atoms with van der Waals surface area (Å²) in [5, 5.41) is 0. The molecule has 0 amide bonds. The minimum Gasteiger partial charge on any atom is -0.363 e. The van der Waals surface area contributed by atoms with Gasteiger partial charge in [0.15, 0.2) is 20.7 Å². The Labute approximate surface area is 94.0 Å². The van der Waals surface area contributed by atoms with Gasteiger partial charge in [-0.3, -0.25) is 0 Å². The highest BCUT2D eigenvalue weighted by molar-refractivity contribution is 6.69. The molecule has 1 aromatic heterocycles. The van der Waals surface area contributed by atoms with E-state index in [4.69, 9.17) is 4.43 Å². The average Bonchev–Trinajstić information content (AvgIpc) is 2.17. The van der Waals surface area contributed by atoms with Gasteiger partial charge in [-0.25, -0.2) is 0 Å². The lowest BCUT2D eigenvalue weighted by atomic mass is 10.3. The Kier molecular flexibility index (Phi) is 4.48. The Morgan fingerprint density at radius 1 is 1.13 bits per heavy atom. The molecular formula is C12H22NOSi+. The molecule has 3 heteroatoms. The maximum atomic E-state index is 6.17. The monoisotopic (exact) mass is 224 g/mol. The fourth-order valence-electron chi connectivity index (χ4n) is 1.53. The minimum atomic E-state index is -1.46. The van der Waals surface area contributed by atoms with Gasteiger partial charge < -0.3 is 4.43 Å². The van der Waals surface area contributed by atoms with Crippen LogP contribution >= 0.6 is 0 Å². The third kappa shape index (κ3) is 4.58. The van der Waals surface area contributed by atoms with Crippen LogP contribution in [0.5, 0.6) is 0 Å². The summed E-state index contributed by atoms with van der Waals surface area (Å²) in [4.78, 5) is 0. The van der Waals surface area contributed by atoms with Gasteiger partial charge in [0, 0.05) is 18.6 Å². The molecular weight excluding hydrogens is 202 g/mol. The van der Waals surface area contributed by atoms with E-state index in [1.807, 2.05) is 6.07 Å². The van der Waals surface area contributed by atoms with Crippen molar-refractivity contribution >= 4 is 8.32 Å². The molecule has 0 radical (unpaired) electrons. The number of aromatic nitrogens is 1. The van der Waals surface area contributed by atoms with E-state index in [0.29, 0.717) is 0 Å². The Hall–Kier alpha value is -0.673. The summed E-state index contributed by atoms with van der Waals surface area (Å²) in [5.74, 6) is 0. The number of pyridine rings is 1. The van der Waals surface area contributed by atoms with Crippen LogP contribution in [0.2, 0.25) is 19.6 Å². The molecule has 1 heterocycles. The third-order valence-electron chi connectivity index (χ3n) is 2.10. The molecule has 1 aromatic rings. The Morgan fingerprint density at radius 3 is 2.20 bits per heavy atom. The molecule has 0 N–H and O–H groups in total. The van der Waals surface area contributed by atoms with Crippen molar-refractivity contribution in [1.82, 2.24) is 0 Å². The molecule has 2 nitrogen and oxygen atoms in total. The highest BCUT2D eigenvalue weighted by Crippen LogP contribution is 2.15. The van der Waals surface area contributed by atoms with Crippen molar-refractivity contribution in [3.8, 4) is 0 Å². The van der Waals surface area contributed by atoms with Crippen LogP contribution in [0, 0.1) is 0 Å². The van der Waals surface area contributed by atoms with Gasteiger partial charge in [-0.1, -0.05) is 13.0 Å². The smallest absolute Gasteiger partial charge is 0.253 e. The van der Waals surface area contributed by atoms with Crippen LogP contribution in [-0.4, -0.2) is 8.32 Å². The zero-order valence-corrected chi connectivity index (χ0v) is 11.2. The number of hydrogen-bond donors (Lipinski definition) is 0. The molecule has 0 fully saturated rings. The summed E-state index contributed by atoms with van der Waals surface area (Å²) in [6.07, 6.45) is 6.61. The largest absolute Gasteiger partial charge is 0.363 e. The van der Waals surface area contributed by atoms with Gasteiger partial charge in [0.1, 0.15) is 0 Å². The highest BCUT2D eigenvalue weighted by Gasteiger charge is 2.26. The van der Waals surface area contributed by atoms with E-state index >= 15 is 0 Å². The fourth-order valence-corrected chi connectivity index (χ4v) is 2.58. The third-order valence-corrected chi connectivity index (χ3v) is 3.08. The van der Waals surface area contributed by atoms with Crippen LogP contribution in [0.25, 0.3) is 0 Å². The van der Waals surface area contributed by atoms with Crippen molar-refractivity contribution < 1.29 is 8.99 Å². The molecule has 1 unspecified atom stereocenters. The van der Waals surface area contributed by atoms with E-state index in [1.165, 1.54) is 0 Å². The van der Waals surface area contributed by atoms with Crippen molar-refractivity contribution in [2.45, 2.75) is 45.6 Å². The van der Waals surface area contributed by atoms with Gasteiger partial charge in [0.2, 0.25) is 0 Å². The molecule has 0 spiro atoms. The van der Waals surface area contributed by atoms with Crippen molar-refractivity contribution in [3.05, 3.63) is 30.6 Å². The summed E-state index contributed by atoms with van der Waals surface area (Å²) >= 11 is 0. The van der Waals surface area contributed by atoms with E-state index in [1.54, 1.807) is 0 Å². The molecule has 15 heavy (non-hydrogen) atoms. The second-order valence-corrected chi connectivity index (χ2v) is 9.26. The van der Waals surface area contributed by atoms with Gasteiger partial charge in [0.05, 0.1) is 0 Å². The first-order valence-electron chi connectivity index (χ1n) is 5.66. The molecule has 0 aliphatic rings. The average molecular weight is 224 g/mol. The highest BCUT2D eigenvalue weighted by atomic mass is 28.4. The Balaban J connectivity index is 2.75. The maximum Gasteiger partial charge on any atom is 0.253 e. The predicted molar refractivity (Wildman–Crippen MR) is 65.0 cm³/mol. The van der Waals surface area contributed by atoms with E-state index in [9.17, 15) is 0 Å². The zero-order valence-electron chi connectivity index (χ0n) is 10.2. The summed E-state index contributed by atoms with van der Waals surface area (Å²) in [5.41, 5.74) is 0. The molecule has 1 rings (SSSR count). The first-order valence-corrected chi connectivity index (χ1v) is 9.07. The molecule has 0 saturated carbocycles. The zero-order chi connectivity index (χ0) is 11.3. The molecule has 0 aliphatic carbocycles. The minimum absolute atomic E-state index is 0.211. The lowest BCUT2D eigenvalue weighted by Crippen LogP contribution is -2.45. The molecule has 0 saturated heterocycles. The van der Waals surface area contributed by atoms with E-state index in [-0.39, 0.29) is 6.23 Å². The van der Waals surface area contributed by atoms with Crippen LogP contribution in [0.15, 0.2) is 30.6 Å². The van der Waals surface area contributed by atoms with E-state index in [2.05, 4.69) is 55.7 Å². The second kappa shape index (κ2) is 5.42. The van der Waals surface area contributed by atoms with Crippen molar-refractivity contribution in [2.24, 2.45) is 0 Å². The van der Waals surface area contributed by atoms with E-state index < -0.39 is 8.32 Å². The van der Waals surface area contributed by atoms with Crippen molar-refractivity contribution in [3.63, 3.8) is 0 Å². The van der Waals surface area contributed by atoms with Crippen LogP contribution in [0.3, 0.4) is 0 Å². The van der Waals surface area contributed by atoms with Crippen LogP contribution < -0.4 is 4.57 Å². The predicted octanol–water partition coefficient (Wildman–Crippen LogP) is 3.12. The van der Waals surface area contributed by atoms with Gasteiger partial charge in [-0.05, 0) is 26.1 Å². The van der Waals surface area contributed by atoms with Crippen LogP contribution in [0.1, 0.15) is 26.0 Å². The number of nitrogens with zero attached hydrogens (tertiary/aromatic N) is 1. The summed E-state index contributed by atoms with van der Waals surface area (Å²) in [6.45, 7) is 8.90. The number of rotatable bonds is 5. The lowest BCUT2D eigenvalue weighted by Gasteiger charge is -2.22. The maximum absolute atomic E-state index is 6.17. The Bertz CT molecular complexity index is 281. The van der Waals surface area contributed by atoms with Crippen LogP contribution in [0.4, 0.5) is 0 Å². The number of hydrogen-bond acceptors (Lipinski definition) is 1. The van der Waals surface area contributed by atoms with Gasteiger partial charge in [-0.15, -0.1) is 0 Å². The van der Waals surface area contributed by atoms with Gasteiger partial charge in [-0.2, -0.15) is 4.57 Å². The van der Waals surface area contributed by atoms with Crippen molar-refractivity contribution in [1.29, 1.82) is 0 Å². The quantitative estimate of drug-likeness (QED) is 0.553. The summed E-state index contributed by atoms with van der Waals surface area (Å²) < 4.78 is 8.33. The first-order chi connectivity index (χ1) is 7.03. The molecule has 0 aromatic carbocycles. The Morgan fingerprint density at radius 2 is 1.73 bits per heavy atom. The topological polar surface area (TPSA) is 13.1 Å². The first kappa shape index (κ1) is 12.4. The molecule has 1 atom stereocenters. The summed E-state index contributed by atoms with van der Waals surface area (Å²) in [7, 11) is -1.46. The van der Waals surface area contributed by atoms with Crippen molar-refractivity contribution in [2.75, 3.05) is 0 Å². The summed E-state index contributed by atoms with van der Waals surface area (Å²) in [6, 6.07) is 6.14. The normalized spacial score (nSPS) is 13.9. The SMILES string of the molecule is CCCC(O[Si](C)(C)C)[n+]1ccccc1. The molecule has 0 aliphatic heterocycles. The van der Waals surface area contributed by atoms with Gasteiger partial charge >= 0.3 is 0 Å².